The number of carbonyl (C=O) groups excluding carboxylic acids is 2. The molecule has 0 spiro atoms. The molecule has 2 amide bonds. The van der Waals surface area contributed by atoms with Crippen molar-refractivity contribution in [3.8, 4) is 0 Å². The molecule has 156 valence electrons. The van der Waals surface area contributed by atoms with E-state index < -0.39 is 0 Å². The highest BCUT2D eigenvalue weighted by molar-refractivity contribution is 5.85. The monoisotopic (exact) mass is 411 g/mol. The van der Waals surface area contributed by atoms with E-state index in [1.807, 2.05) is 4.90 Å². The second-order valence-corrected chi connectivity index (χ2v) is 8.63. The first-order valence-electron chi connectivity index (χ1n) is 9.83. The van der Waals surface area contributed by atoms with Gasteiger partial charge in [-0.15, -0.1) is 12.4 Å². The van der Waals surface area contributed by atoms with E-state index in [1.165, 1.54) is 12.1 Å². The fraction of sp³-hybridized carbons (Fsp3) is 0.619. The summed E-state index contributed by atoms with van der Waals surface area (Å²) < 4.78 is 13.0. The van der Waals surface area contributed by atoms with Crippen molar-refractivity contribution in [1.29, 1.82) is 0 Å². The van der Waals surface area contributed by atoms with E-state index in [0.717, 1.165) is 24.8 Å². The van der Waals surface area contributed by atoms with Gasteiger partial charge in [0.1, 0.15) is 5.82 Å². The van der Waals surface area contributed by atoms with Crippen LogP contribution in [0.25, 0.3) is 0 Å². The molecule has 1 aromatic rings. The van der Waals surface area contributed by atoms with Gasteiger partial charge in [0, 0.05) is 32.2 Å². The molecule has 2 fully saturated rings. The Bertz CT molecular complexity index is 695. The Morgan fingerprint density at radius 1 is 1.14 bits per heavy atom. The molecule has 7 heteroatoms. The third kappa shape index (κ3) is 5.23. The predicted octanol–water partition coefficient (Wildman–Crippen LogP) is 2.61. The van der Waals surface area contributed by atoms with Crippen molar-refractivity contribution in [3.05, 3.63) is 35.6 Å². The molecule has 2 atom stereocenters. The van der Waals surface area contributed by atoms with Gasteiger partial charge in [-0.05, 0) is 42.4 Å². The maximum absolute atomic E-state index is 13.0. The van der Waals surface area contributed by atoms with Crippen molar-refractivity contribution in [1.82, 2.24) is 9.80 Å². The standard InChI is InChI=1S/C21H30FN3O2.ClH/c1-21(2)14-25(11-9-18(21)23)20(27)16-4-3-10-24(13-16)19(26)12-15-5-7-17(22)8-6-15;/h5-8,16,18H,3-4,9-14,23H2,1-2H3;1H. The summed E-state index contributed by atoms with van der Waals surface area (Å²) in [5.74, 6) is -0.297. The van der Waals surface area contributed by atoms with Crippen LogP contribution in [-0.4, -0.2) is 53.8 Å². The molecule has 2 N–H and O–H groups in total. The Kier molecular flexibility index (Phi) is 7.46. The van der Waals surface area contributed by atoms with Crippen LogP contribution in [0.5, 0.6) is 0 Å². The number of nitrogens with zero attached hydrogens (tertiary/aromatic N) is 2. The molecule has 1 aromatic carbocycles. The average molecular weight is 412 g/mol. The van der Waals surface area contributed by atoms with Crippen LogP contribution >= 0.6 is 12.4 Å². The second kappa shape index (κ2) is 9.23. The quantitative estimate of drug-likeness (QED) is 0.831. The molecular weight excluding hydrogens is 381 g/mol. The van der Waals surface area contributed by atoms with E-state index in [-0.39, 0.29) is 53.8 Å². The molecule has 2 heterocycles. The number of piperidine rings is 2. The number of nitrogens with two attached hydrogens (primary N) is 1. The molecule has 2 aliphatic heterocycles. The highest BCUT2D eigenvalue weighted by atomic mass is 35.5. The number of hydrogen-bond donors (Lipinski definition) is 1. The molecule has 28 heavy (non-hydrogen) atoms. The molecule has 2 aliphatic rings. The van der Waals surface area contributed by atoms with Crippen molar-refractivity contribution in [2.75, 3.05) is 26.2 Å². The van der Waals surface area contributed by atoms with Crippen LogP contribution in [0.4, 0.5) is 4.39 Å². The lowest BCUT2D eigenvalue weighted by atomic mass is 9.79. The molecule has 5 nitrogen and oxygen atoms in total. The Morgan fingerprint density at radius 3 is 2.46 bits per heavy atom. The SMILES string of the molecule is CC1(C)CN(C(=O)C2CCCN(C(=O)Cc3ccc(F)cc3)C2)CCC1N.Cl. The van der Waals surface area contributed by atoms with Crippen LogP contribution in [-0.2, 0) is 16.0 Å². The summed E-state index contributed by atoms with van der Waals surface area (Å²) in [4.78, 5) is 29.4. The third-order valence-electron chi connectivity index (χ3n) is 6.02. The van der Waals surface area contributed by atoms with Crippen molar-refractivity contribution in [2.24, 2.45) is 17.1 Å². The summed E-state index contributed by atoms with van der Waals surface area (Å²) in [5, 5.41) is 0. The minimum absolute atomic E-state index is 0. The van der Waals surface area contributed by atoms with Gasteiger partial charge in [-0.25, -0.2) is 4.39 Å². The molecule has 0 radical (unpaired) electrons. The highest BCUT2D eigenvalue weighted by Gasteiger charge is 2.38. The largest absolute Gasteiger partial charge is 0.342 e. The van der Waals surface area contributed by atoms with Crippen molar-refractivity contribution in [2.45, 2.75) is 45.6 Å². The summed E-state index contributed by atoms with van der Waals surface area (Å²) in [6, 6.07) is 6.13. The second-order valence-electron chi connectivity index (χ2n) is 8.63. The van der Waals surface area contributed by atoms with Gasteiger partial charge in [0.15, 0.2) is 0 Å². The molecule has 2 saturated heterocycles. The van der Waals surface area contributed by atoms with E-state index in [1.54, 1.807) is 17.0 Å². The summed E-state index contributed by atoms with van der Waals surface area (Å²) in [6.07, 6.45) is 2.72. The van der Waals surface area contributed by atoms with Crippen LogP contribution in [0, 0.1) is 17.2 Å². The summed E-state index contributed by atoms with van der Waals surface area (Å²) in [5.41, 5.74) is 6.89. The lowest BCUT2D eigenvalue weighted by Gasteiger charge is -2.44. The lowest BCUT2D eigenvalue weighted by molar-refractivity contribution is -0.143. The maximum atomic E-state index is 13.0. The molecular formula is C21H31ClFN3O2. The smallest absolute Gasteiger partial charge is 0.227 e. The van der Waals surface area contributed by atoms with Crippen molar-refractivity contribution in [3.63, 3.8) is 0 Å². The predicted molar refractivity (Wildman–Crippen MR) is 110 cm³/mol. The van der Waals surface area contributed by atoms with Crippen molar-refractivity contribution >= 4 is 24.2 Å². The normalized spacial score (nSPS) is 24.4. The molecule has 0 bridgehead atoms. The average Bonchev–Trinajstić information content (AvgIpc) is 2.65. The van der Waals surface area contributed by atoms with Crippen molar-refractivity contribution < 1.29 is 14.0 Å². The van der Waals surface area contributed by atoms with E-state index >= 15 is 0 Å². The number of likely N-dealkylation sites (tertiary alicyclic amines) is 2. The first kappa shape index (κ1) is 22.6. The summed E-state index contributed by atoms with van der Waals surface area (Å²) in [7, 11) is 0. The fourth-order valence-corrected chi connectivity index (χ4v) is 4.11. The van der Waals surface area contributed by atoms with Crippen LogP contribution in [0.3, 0.4) is 0 Å². The molecule has 0 saturated carbocycles. The Hall–Kier alpha value is -1.66. The van der Waals surface area contributed by atoms with Gasteiger partial charge in [0.05, 0.1) is 12.3 Å². The van der Waals surface area contributed by atoms with E-state index in [4.69, 9.17) is 5.73 Å². The zero-order valence-electron chi connectivity index (χ0n) is 16.7. The lowest BCUT2D eigenvalue weighted by Crippen LogP contribution is -2.56. The van der Waals surface area contributed by atoms with Crippen LogP contribution in [0.1, 0.15) is 38.7 Å². The van der Waals surface area contributed by atoms with Gasteiger partial charge < -0.3 is 15.5 Å². The molecule has 3 rings (SSSR count). The number of rotatable bonds is 3. The summed E-state index contributed by atoms with van der Waals surface area (Å²) >= 11 is 0. The third-order valence-corrected chi connectivity index (χ3v) is 6.02. The van der Waals surface area contributed by atoms with E-state index in [0.29, 0.717) is 26.2 Å². The van der Waals surface area contributed by atoms with E-state index in [2.05, 4.69) is 13.8 Å². The van der Waals surface area contributed by atoms with Gasteiger partial charge in [-0.3, -0.25) is 9.59 Å². The van der Waals surface area contributed by atoms with Gasteiger partial charge >= 0.3 is 0 Å². The van der Waals surface area contributed by atoms with Gasteiger partial charge in [0.2, 0.25) is 11.8 Å². The number of hydrogen-bond acceptors (Lipinski definition) is 3. The zero-order chi connectivity index (χ0) is 19.6. The Balaban J connectivity index is 0.00000280. The first-order chi connectivity index (χ1) is 12.8. The number of benzene rings is 1. The highest BCUT2D eigenvalue weighted by Crippen LogP contribution is 2.30. The Labute approximate surface area is 172 Å². The Morgan fingerprint density at radius 2 is 1.82 bits per heavy atom. The summed E-state index contributed by atoms with van der Waals surface area (Å²) in [6.45, 7) is 6.74. The van der Waals surface area contributed by atoms with E-state index in [9.17, 15) is 14.0 Å². The minimum atomic E-state index is -0.306. The van der Waals surface area contributed by atoms with Gasteiger partial charge in [-0.1, -0.05) is 26.0 Å². The fourth-order valence-electron chi connectivity index (χ4n) is 4.11. The number of halogens is 2. The minimum Gasteiger partial charge on any atom is -0.342 e. The molecule has 0 aromatic heterocycles. The number of amides is 2. The topological polar surface area (TPSA) is 66.6 Å². The molecule has 0 aliphatic carbocycles. The van der Waals surface area contributed by atoms with Gasteiger partial charge in [0.25, 0.3) is 0 Å². The zero-order valence-corrected chi connectivity index (χ0v) is 17.5. The first-order valence-corrected chi connectivity index (χ1v) is 9.83. The van der Waals surface area contributed by atoms with Crippen LogP contribution in [0.15, 0.2) is 24.3 Å². The van der Waals surface area contributed by atoms with Gasteiger partial charge in [-0.2, -0.15) is 0 Å². The molecule has 2 unspecified atom stereocenters. The maximum Gasteiger partial charge on any atom is 0.227 e. The number of carbonyl (C=O) groups is 2. The van der Waals surface area contributed by atoms with Crippen LogP contribution < -0.4 is 5.73 Å². The van der Waals surface area contributed by atoms with Crippen LogP contribution in [0.2, 0.25) is 0 Å².